The Labute approximate surface area is 77.3 Å². The molecule has 2 nitrogen and oxygen atoms in total. The zero-order valence-corrected chi connectivity index (χ0v) is 9.22. The molecule has 0 unspecified atom stereocenters. The van der Waals surface area contributed by atoms with Crippen LogP contribution < -0.4 is 5.43 Å². The SMILES string of the molecule is CC[C@H](CC(C)C)NN(C)CC. The summed E-state index contributed by atoms with van der Waals surface area (Å²) in [7, 11) is 2.10. The number of hydrogen-bond donors (Lipinski definition) is 1. The van der Waals surface area contributed by atoms with E-state index in [0.717, 1.165) is 12.5 Å². The summed E-state index contributed by atoms with van der Waals surface area (Å²) in [6.07, 6.45) is 2.48. The van der Waals surface area contributed by atoms with E-state index in [4.69, 9.17) is 0 Å². The van der Waals surface area contributed by atoms with E-state index in [1.165, 1.54) is 12.8 Å². The molecule has 2 heteroatoms. The Hall–Kier alpha value is -0.0800. The summed E-state index contributed by atoms with van der Waals surface area (Å²) in [5.41, 5.74) is 3.48. The summed E-state index contributed by atoms with van der Waals surface area (Å²) >= 11 is 0. The first-order valence-electron chi connectivity index (χ1n) is 5.07. The number of rotatable bonds is 6. The lowest BCUT2D eigenvalue weighted by molar-refractivity contribution is 0.189. The van der Waals surface area contributed by atoms with Gasteiger partial charge in [0.25, 0.3) is 0 Å². The molecule has 0 radical (unpaired) electrons. The van der Waals surface area contributed by atoms with Crippen molar-refractivity contribution < 1.29 is 0 Å². The van der Waals surface area contributed by atoms with E-state index < -0.39 is 0 Å². The minimum atomic E-state index is 0.648. The van der Waals surface area contributed by atoms with E-state index in [1.54, 1.807) is 0 Å². The molecule has 0 aliphatic carbocycles. The Bertz CT molecular complexity index is 102. The zero-order valence-electron chi connectivity index (χ0n) is 9.22. The van der Waals surface area contributed by atoms with Crippen molar-refractivity contribution in [2.45, 2.75) is 46.6 Å². The van der Waals surface area contributed by atoms with Gasteiger partial charge in [-0.25, -0.2) is 5.01 Å². The van der Waals surface area contributed by atoms with Gasteiger partial charge in [0.1, 0.15) is 0 Å². The molecule has 0 saturated heterocycles. The quantitative estimate of drug-likeness (QED) is 0.618. The molecule has 0 amide bonds. The Morgan fingerprint density at radius 2 is 1.83 bits per heavy atom. The monoisotopic (exact) mass is 172 g/mol. The smallest absolute Gasteiger partial charge is 0.0215 e. The van der Waals surface area contributed by atoms with Crippen LogP contribution in [-0.2, 0) is 0 Å². The summed E-state index contributed by atoms with van der Waals surface area (Å²) in [6, 6.07) is 0.648. The highest BCUT2D eigenvalue weighted by molar-refractivity contribution is 4.64. The molecule has 0 saturated carbocycles. The van der Waals surface area contributed by atoms with Gasteiger partial charge in [0.15, 0.2) is 0 Å². The molecule has 74 valence electrons. The lowest BCUT2D eigenvalue weighted by atomic mass is 10.0. The van der Waals surface area contributed by atoms with E-state index in [0.29, 0.717) is 6.04 Å². The first kappa shape index (κ1) is 11.9. The number of hydrogen-bond acceptors (Lipinski definition) is 2. The fourth-order valence-electron chi connectivity index (χ4n) is 1.28. The third-order valence-corrected chi connectivity index (χ3v) is 2.13. The van der Waals surface area contributed by atoms with Crippen LogP contribution in [0.15, 0.2) is 0 Å². The van der Waals surface area contributed by atoms with Crippen LogP contribution in [0.1, 0.15) is 40.5 Å². The lowest BCUT2D eigenvalue weighted by Crippen LogP contribution is -2.42. The van der Waals surface area contributed by atoms with Gasteiger partial charge in [0.05, 0.1) is 0 Å². The normalized spacial score (nSPS) is 14.2. The van der Waals surface area contributed by atoms with Crippen molar-refractivity contribution in [2.75, 3.05) is 13.6 Å². The fourth-order valence-corrected chi connectivity index (χ4v) is 1.28. The molecule has 0 spiro atoms. The first-order valence-corrected chi connectivity index (χ1v) is 5.07. The van der Waals surface area contributed by atoms with Gasteiger partial charge in [0.2, 0.25) is 0 Å². The maximum atomic E-state index is 3.48. The van der Waals surface area contributed by atoms with Crippen LogP contribution in [0.3, 0.4) is 0 Å². The number of nitrogens with zero attached hydrogens (tertiary/aromatic N) is 1. The molecule has 0 bridgehead atoms. The topological polar surface area (TPSA) is 15.3 Å². The van der Waals surface area contributed by atoms with Crippen molar-refractivity contribution in [3.05, 3.63) is 0 Å². The summed E-state index contributed by atoms with van der Waals surface area (Å²) < 4.78 is 0. The Morgan fingerprint density at radius 3 is 2.17 bits per heavy atom. The molecular formula is C10H24N2. The fraction of sp³-hybridized carbons (Fsp3) is 1.00. The summed E-state index contributed by atoms with van der Waals surface area (Å²) in [5, 5.41) is 2.16. The van der Waals surface area contributed by atoms with Gasteiger partial charge < -0.3 is 0 Å². The second-order valence-electron chi connectivity index (χ2n) is 3.88. The van der Waals surface area contributed by atoms with E-state index >= 15 is 0 Å². The van der Waals surface area contributed by atoms with Gasteiger partial charge in [-0.3, -0.25) is 5.43 Å². The van der Waals surface area contributed by atoms with Crippen molar-refractivity contribution in [2.24, 2.45) is 5.92 Å². The third-order valence-electron chi connectivity index (χ3n) is 2.13. The van der Waals surface area contributed by atoms with Crippen molar-refractivity contribution in [3.63, 3.8) is 0 Å². The van der Waals surface area contributed by atoms with Crippen LogP contribution in [-0.4, -0.2) is 24.6 Å². The van der Waals surface area contributed by atoms with Gasteiger partial charge in [-0.1, -0.05) is 27.7 Å². The number of nitrogens with one attached hydrogen (secondary N) is 1. The predicted molar refractivity (Wildman–Crippen MR) is 55.0 cm³/mol. The molecule has 0 aliphatic rings. The van der Waals surface area contributed by atoms with E-state index in [1.807, 2.05) is 0 Å². The van der Waals surface area contributed by atoms with E-state index in [2.05, 4.69) is 45.2 Å². The van der Waals surface area contributed by atoms with Crippen molar-refractivity contribution in [1.82, 2.24) is 10.4 Å². The predicted octanol–water partition coefficient (Wildman–Crippen LogP) is 2.27. The first-order chi connectivity index (χ1) is 5.60. The zero-order chi connectivity index (χ0) is 9.56. The van der Waals surface area contributed by atoms with Gasteiger partial charge in [-0.15, -0.1) is 0 Å². The third kappa shape index (κ3) is 5.56. The highest BCUT2D eigenvalue weighted by Gasteiger charge is 2.08. The molecule has 0 rings (SSSR count). The second-order valence-corrected chi connectivity index (χ2v) is 3.88. The summed E-state index contributed by atoms with van der Waals surface area (Å²) in [5.74, 6) is 0.785. The Balaban J connectivity index is 3.66. The minimum absolute atomic E-state index is 0.648. The highest BCUT2D eigenvalue weighted by Crippen LogP contribution is 2.07. The van der Waals surface area contributed by atoms with Crippen LogP contribution in [0.2, 0.25) is 0 Å². The average Bonchev–Trinajstić information content (AvgIpc) is 2.02. The molecular weight excluding hydrogens is 148 g/mol. The molecule has 0 aromatic rings. The molecule has 0 aromatic carbocycles. The van der Waals surface area contributed by atoms with Gasteiger partial charge in [-0.2, -0.15) is 0 Å². The highest BCUT2D eigenvalue weighted by atomic mass is 15.5. The van der Waals surface area contributed by atoms with Crippen molar-refractivity contribution in [3.8, 4) is 0 Å². The van der Waals surface area contributed by atoms with Crippen LogP contribution in [0.5, 0.6) is 0 Å². The van der Waals surface area contributed by atoms with Crippen LogP contribution in [0.25, 0.3) is 0 Å². The van der Waals surface area contributed by atoms with Crippen molar-refractivity contribution >= 4 is 0 Å². The van der Waals surface area contributed by atoms with Gasteiger partial charge in [-0.05, 0) is 18.8 Å². The Kier molecular flexibility index (Phi) is 6.39. The standard InChI is InChI=1S/C10H24N2/c1-6-10(8-9(3)4)11-12(5)7-2/h9-11H,6-8H2,1-5H3/t10-/m1/s1. The van der Waals surface area contributed by atoms with E-state index in [-0.39, 0.29) is 0 Å². The maximum absolute atomic E-state index is 3.48. The van der Waals surface area contributed by atoms with Gasteiger partial charge in [0, 0.05) is 19.6 Å². The van der Waals surface area contributed by atoms with Crippen LogP contribution in [0.4, 0.5) is 0 Å². The van der Waals surface area contributed by atoms with Crippen molar-refractivity contribution in [1.29, 1.82) is 0 Å². The number of hydrazine groups is 1. The molecule has 1 N–H and O–H groups in total. The average molecular weight is 172 g/mol. The molecule has 1 atom stereocenters. The summed E-state index contributed by atoms with van der Waals surface area (Å²) in [4.78, 5) is 0. The lowest BCUT2D eigenvalue weighted by Gasteiger charge is -2.25. The molecule has 0 aromatic heterocycles. The summed E-state index contributed by atoms with van der Waals surface area (Å²) in [6.45, 7) is 10.0. The Morgan fingerprint density at radius 1 is 1.25 bits per heavy atom. The molecule has 0 heterocycles. The largest absolute Gasteiger partial charge is 0.252 e. The van der Waals surface area contributed by atoms with E-state index in [9.17, 15) is 0 Å². The molecule has 12 heavy (non-hydrogen) atoms. The van der Waals surface area contributed by atoms with Gasteiger partial charge >= 0.3 is 0 Å². The second kappa shape index (κ2) is 6.44. The van der Waals surface area contributed by atoms with Crippen LogP contribution in [0, 0.1) is 5.92 Å². The minimum Gasteiger partial charge on any atom is -0.252 e. The maximum Gasteiger partial charge on any atom is 0.0215 e. The van der Waals surface area contributed by atoms with Crippen LogP contribution >= 0.6 is 0 Å². The molecule has 0 aliphatic heterocycles. The molecule has 0 fully saturated rings.